The van der Waals surface area contributed by atoms with Crippen LogP contribution in [-0.2, 0) is 44.7 Å². The van der Waals surface area contributed by atoms with Gasteiger partial charge >= 0.3 is 19.5 Å². The number of benzene rings is 2. The first-order valence-corrected chi connectivity index (χ1v) is 9.32. The minimum absolute atomic E-state index is 0. The van der Waals surface area contributed by atoms with E-state index in [2.05, 4.69) is 56.3 Å². The second kappa shape index (κ2) is 10.9. The summed E-state index contributed by atoms with van der Waals surface area (Å²) < 4.78 is 0. The molecule has 2 N–H and O–H groups in total. The monoisotopic (exact) mass is 470 g/mol. The summed E-state index contributed by atoms with van der Waals surface area (Å²) in [7, 11) is 0. The van der Waals surface area contributed by atoms with Crippen molar-refractivity contribution in [2.24, 2.45) is 20.2 Å². The van der Waals surface area contributed by atoms with E-state index in [1.165, 1.54) is 0 Å². The molecule has 0 heterocycles. The molecule has 9 heteroatoms. The van der Waals surface area contributed by atoms with Gasteiger partial charge in [-0.3, -0.25) is 20.8 Å². The molecule has 6 nitrogen and oxygen atoms in total. The van der Waals surface area contributed by atoms with Gasteiger partial charge in [0.05, 0.1) is 13.1 Å². The second-order valence-electron chi connectivity index (χ2n) is 5.72. The zero-order valence-electron chi connectivity index (χ0n) is 15.8. The van der Waals surface area contributed by atoms with E-state index in [4.69, 9.17) is 25.3 Å². The van der Waals surface area contributed by atoms with Gasteiger partial charge in [-0.1, -0.05) is 48.6 Å². The fraction of sp³-hybridized carbons (Fsp3) is 0.100. The van der Waals surface area contributed by atoms with E-state index in [1.807, 2.05) is 24.3 Å². The van der Waals surface area contributed by atoms with Gasteiger partial charge in [-0.05, 0) is 15.7 Å². The summed E-state index contributed by atoms with van der Waals surface area (Å²) in [5.74, 6) is 0. The van der Waals surface area contributed by atoms with Gasteiger partial charge < -0.3 is 25.3 Å². The number of hydrogen-bond acceptors (Lipinski definition) is 6. The van der Waals surface area contributed by atoms with Gasteiger partial charge in [0.1, 0.15) is 11.4 Å². The molecule has 29 heavy (non-hydrogen) atoms. The molecule has 1 aliphatic carbocycles. The third-order valence-electron chi connectivity index (χ3n) is 3.89. The van der Waals surface area contributed by atoms with Gasteiger partial charge in [-0.25, -0.2) is 0 Å². The van der Waals surface area contributed by atoms with Crippen molar-refractivity contribution >= 4 is 57.8 Å². The van der Waals surface area contributed by atoms with Crippen molar-refractivity contribution in [3.63, 3.8) is 0 Å². The number of rotatable bonds is 6. The minimum atomic E-state index is 0. The van der Waals surface area contributed by atoms with Crippen LogP contribution < -0.4 is 10.9 Å². The quantitative estimate of drug-likeness (QED) is 0.170. The number of aliphatic imine (C=N–C) groups is 2. The molecule has 0 radical (unpaired) electrons. The van der Waals surface area contributed by atoms with Crippen molar-refractivity contribution in [1.29, 1.82) is 0 Å². The molecule has 0 fully saturated rings. The molecule has 0 spiro atoms. The van der Waals surface area contributed by atoms with Crippen molar-refractivity contribution in [2.45, 2.75) is 0 Å². The zero-order chi connectivity index (χ0) is 19.9. The van der Waals surface area contributed by atoms with Crippen LogP contribution in [0.25, 0.3) is 10.8 Å². The van der Waals surface area contributed by atoms with Crippen LogP contribution in [0.4, 0.5) is 0 Å². The van der Waals surface area contributed by atoms with Gasteiger partial charge in [0.15, 0.2) is 0 Å². The van der Waals surface area contributed by atoms with Crippen molar-refractivity contribution < 1.29 is 19.5 Å². The van der Waals surface area contributed by atoms with Crippen LogP contribution >= 0.6 is 0 Å². The number of nitrogens with zero attached hydrogens (tertiary/aromatic N) is 4. The molecular weight excluding hydrogens is 454 g/mol. The maximum atomic E-state index is 5.18. The van der Waals surface area contributed by atoms with E-state index in [-0.39, 0.29) is 29.8 Å². The largest absolute Gasteiger partial charge is 2.00 e. The standard InChI is InChI=1S/C20H20N6S2.Zn/c1-3-11-21-19(27)25-23-17-14-9-5-7-13-8-6-10-15(16(13)14)18(17)24-26-20(28)22-12-4-2;/h3-10H,1-2,11-12H2,(H2,21,25,27)(H2,22,26,28);/q;+2/p-2/b23-17-,24-18+;. The normalized spacial score (nSPS) is 16.0. The fourth-order valence-corrected chi connectivity index (χ4v) is 3.03. The Bertz CT molecular complexity index is 964. The molecule has 0 bridgehead atoms. The Hall–Kier alpha value is -2.48. The fourth-order valence-electron chi connectivity index (χ4n) is 2.79. The van der Waals surface area contributed by atoms with Crippen LogP contribution in [0.5, 0.6) is 0 Å². The number of nitrogens with one attached hydrogen (secondary N) is 2. The molecule has 1 aliphatic rings. The SMILES string of the molecule is C=CCN=C([S-])N/N=C1\C(=N\NC([S-])=NCC=C)c2cccc3cccc1c23.[Zn+2]. The van der Waals surface area contributed by atoms with Gasteiger partial charge in [0.25, 0.3) is 0 Å². The summed E-state index contributed by atoms with van der Waals surface area (Å²) in [5.41, 5.74) is 8.86. The Morgan fingerprint density at radius 3 is 1.69 bits per heavy atom. The van der Waals surface area contributed by atoms with E-state index < -0.39 is 0 Å². The summed E-state index contributed by atoms with van der Waals surface area (Å²) in [6.07, 6.45) is 3.33. The molecule has 0 amide bonds. The third-order valence-corrected chi connectivity index (χ3v) is 4.33. The first kappa shape index (κ1) is 22.8. The summed E-state index contributed by atoms with van der Waals surface area (Å²) in [4.78, 5) is 8.26. The van der Waals surface area contributed by atoms with E-state index in [0.717, 1.165) is 21.9 Å². The average Bonchev–Trinajstić information content (AvgIpc) is 3.02. The van der Waals surface area contributed by atoms with Crippen LogP contribution in [-0.4, -0.2) is 34.8 Å². The summed E-state index contributed by atoms with van der Waals surface area (Å²) in [6, 6.07) is 12.1. The third kappa shape index (κ3) is 5.32. The Morgan fingerprint density at radius 1 is 0.828 bits per heavy atom. The molecule has 0 aromatic heterocycles. The molecule has 0 saturated heterocycles. The summed E-state index contributed by atoms with van der Waals surface area (Å²) in [5, 5.41) is 11.7. The smallest absolute Gasteiger partial charge is 0.741 e. The van der Waals surface area contributed by atoms with Crippen LogP contribution in [0, 0.1) is 0 Å². The van der Waals surface area contributed by atoms with E-state index >= 15 is 0 Å². The minimum Gasteiger partial charge on any atom is -0.741 e. The Balaban J connectivity index is 0.00000300. The van der Waals surface area contributed by atoms with Crippen molar-refractivity contribution in [1.82, 2.24) is 10.9 Å². The van der Waals surface area contributed by atoms with E-state index in [0.29, 0.717) is 24.5 Å². The molecule has 0 aliphatic heterocycles. The number of hydrazone groups is 2. The predicted molar refractivity (Wildman–Crippen MR) is 123 cm³/mol. The zero-order valence-corrected chi connectivity index (χ0v) is 20.4. The van der Waals surface area contributed by atoms with Crippen molar-refractivity contribution in [2.75, 3.05) is 13.1 Å². The average molecular weight is 472 g/mol. The Kier molecular flexibility index (Phi) is 8.57. The van der Waals surface area contributed by atoms with Crippen LogP contribution in [0.1, 0.15) is 11.1 Å². The first-order chi connectivity index (χ1) is 13.7. The van der Waals surface area contributed by atoms with E-state index in [9.17, 15) is 0 Å². The molecule has 142 valence electrons. The van der Waals surface area contributed by atoms with E-state index in [1.54, 1.807) is 12.2 Å². The molecule has 0 saturated carbocycles. The van der Waals surface area contributed by atoms with Gasteiger partial charge in [-0.15, -0.1) is 13.2 Å². The van der Waals surface area contributed by atoms with Crippen LogP contribution in [0.15, 0.2) is 81.9 Å². The van der Waals surface area contributed by atoms with Crippen molar-refractivity contribution in [3.05, 3.63) is 72.8 Å². The molecule has 3 rings (SSSR count). The molecular formula is C20H18N6S2Zn. The maximum absolute atomic E-state index is 5.18. The second-order valence-corrected chi connectivity index (χ2v) is 6.50. The predicted octanol–water partition coefficient (Wildman–Crippen LogP) is 2.62. The maximum Gasteiger partial charge on any atom is 2.00 e. The number of amidine groups is 2. The topological polar surface area (TPSA) is 73.5 Å². The summed E-state index contributed by atoms with van der Waals surface area (Å²) >= 11 is 10.4. The first-order valence-electron chi connectivity index (χ1n) is 8.50. The number of hydrogen-bond donors (Lipinski definition) is 2. The molecule has 0 atom stereocenters. The Labute approximate surface area is 193 Å². The van der Waals surface area contributed by atoms with Crippen LogP contribution in [0.2, 0.25) is 0 Å². The van der Waals surface area contributed by atoms with Crippen LogP contribution in [0.3, 0.4) is 0 Å². The van der Waals surface area contributed by atoms with Gasteiger partial charge in [-0.2, -0.15) is 10.2 Å². The van der Waals surface area contributed by atoms with Gasteiger partial charge in [0.2, 0.25) is 0 Å². The van der Waals surface area contributed by atoms with Crippen molar-refractivity contribution in [3.8, 4) is 0 Å². The molecule has 2 aromatic carbocycles. The Morgan fingerprint density at radius 2 is 1.28 bits per heavy atom. The van der Waals surface area contributed by atoms with Gasteiger partial charge in [0, 0.05) is 16.5 Å². The summed E-state index contributed by atoms with van der Waals surface area (Å²) in [6.45, 7) is 8.10. The molecule has 2 aromatic rings. The molecule has 0 unspecified atom stereocenters.